The molecule has 21 heavy (non-hydrogen) atoms. The molecule has 0 spiro atoms. The van der Waals surface area contributed by atoms with Crippen molar-refractivity contribution in [3.05, 3.63) is 71.3 Å². The normalized spacial score (nSPS) is 16.7. The van der Waals surface area contributed by atoms with Gasteiger partial charge in [-0.05, 0) is 40.7 Å². The van der Waals surface area contributed by atoms with Crippen LogP contribution in [0.3, 0.4) is 0 Å². The molecule has 0 bridgehead atoms. The first-order valence-corrected chi connectivity index (χ1v) is 8.08. The molecule has 3 heteroatoms. The first-order valence-electron chi connectivity index (χ1n) is 6.85. The van der Waals surface area contributed by atoms with Crippen molar-refractivity contribution in [1.29, 1.82) is 0 Å². The van der Waals surface area contributed by atoms with E-state index in [0.717, 1.165) is 22.3 Å². The Balaban J connectivity index is 2.10. The topological polar surface area (TPSA) is 26.3 Å². The Hall–Kier alpha value is -2.00. The number of thioether (sulfide) groups is 1. The minimum atomic E-state index is -0.140. The second-order valence-electron chi connectivity index (χ2n) is 4.91. The Morgan fingerprint density at radius 2 is 1.67 bits per heavy atom. The number of benzene rings is 2. The van der Waals surface area contributed by atoms with E-state index in [1.165, 1.54) is 4.90 Å². The van der Waals surface area contributed by atoms with Gasteiger partial charge in [0.05, 0.1) is 6.42 Å². The second kappa shape index (κ2) is 6.19. The number of ether oxygens (including phenoxy) is 1. The molecule has 1 aliphatic heterocycles. The third-order valence-corrected chi connectivity index (χ3v) is 4.30. The van der Waals surface area contributed by atoms with Crippen LogP contribution < -0.4 is 0 Å². The summed E-state index contributed by atoms with van der Waals surface area (Å²) < 4.78 is 5.13. The highest BCUT2D eigenvalue weighted by Gasteiger charge is 2.22. The van der Waals surface area contributed by atoms with E-state index >= 15 is 0 Å². The second-order valence-corrected chi connectivity index (χ2v) is 5.79. The number of carbonyl (C=O) groups excluding carboxylic acids is 1. The Morgan fingerprint density at radius 1 is 1.00 bits per heavy atom. The number of carbonyl (C=O) groups is 1. The molecule has 0 N–H and O–H groups in total. The standard InChI is InChI=1S/C18H16O2S/c1-21-16-9-7-14(8-10-16)18(13-5-3-2-4-6-13)15-11-17(19)20-12-15/h2-10H,11-12H2,1H3/b18-15+. The van der Waals surface area contributed by atoms with Gasteiger partial charge in [-0.3, -0.25) is 4.79 Å². The summed E-state index contributed by atoms with van der Waals surface area (Å²) in [5.74, 6) is -0.140. The molecule has 2 aromatic rings. The van der Waals surface area contributed by atoms with Crippen LogP contribution in [-0.2, 0) is 9.53 Å². The molecule has 1 saturated heterocycles. The molecule has 3 rings (SSSR count). The molecule has 2 aromatic carbocycles. The zero-order valence-corrected chi connectivity index (χ0v) is 12.7. The Labute approximate surface area is 128 Å². The number of rotatable bonds is 3. The third kappa shape index (κ3) is 3.03. The maximum absolute atomic E-state index is 11.5. The molecule has 2 nitrogen and oxygen atoms in total. The van der Waals surface area contributed by atoms with E-state index < -0.39 is 0 Å². The lowest BCUT2D eigenvalue weighted by atomic mass is 9.92. The highest BCUT2D eigenvalue weighted by molar-refractivity contribution is 7.98. The lowest BCUT2D eigenvalue weighted by Gasteiger charge is -2.12. The van der Waals surface area contributed by atoms with Crippen molar-refractivity contribution in [3.8, 4) is 0 Å². The maximum atomic E-state index is 11.5. The zero-order valence-electron chi connectivity index (χ0n) is 11.8. The summed E-state index contributed by atoms with van der Waals surface area (Å²) in [4.78, 5) is 12.7. The van der Waals surface area contributed by atoms with E-state index in [-0.39, 0.29) is 5.97 Å². The zero-order chi connectivity index (χ0) is 14.7. The van der Waals surface area contributed by atoms with Gasteiger partial charge in [0.1, 0.15) is 6.61 Å². The van der Waals surface area contributed by atoms with Crippen molar-refractivity contribution in [1.82, 2.24) is 0 Å². The average Bonchev–Trinajstić information content (AvgIpc) is 2.95. The summed E-state index contributed by atoms with van der Waals surface area (Å²) in [5.41, 5.74) is 4.44. The van der Waals surface area contributed by atoms with E-state index in [1.807, 2.05) is 18.2 Å². The molecule has 1 heterocycles. The van der Waals surface area contributed by atoms with Crippen LogP contribution in [0.5, 0.6) is 0 Å². The predicted octanol–water partition coefficient (Wildman–Crippen LogP) is 4.16. The molecule has 0 amide bonds. The molecular weight excluding hydrogens is 280 g/mol. The minimum absolute atomic E-state index is 0.140. The van der Waals surface area contributed by atoms with Gasteiger partial charge in [-0.15, -0.1) is 11.8 Å². The molecule has 0 saturated carbocycles. The monoisotopic (exact) mass is 296 g/mol. The van der Waals surface area contributed by atoms with E-state index in [2.05, 4.69) is 42.7 Å². The molecule has 1 fully saturated rings. The summed E-state index contributed by atoms with van der Waals surface area (Å²) in [6.07, 6.45) is 2.45. The Morgan fingerprint density at radius 3 is 2.24 bits per heavy atom. The van der Waals surface area contributed by atoms with E-state index in [4.69, 9.17) is 4.74 Å². The highest BCUT2D eigenvalue weighted by Crippen LogP contribution is 2.32. The quantitative estimate of drug-likeness (QED) is 0.628. The van der Waals surface area contributed by atoms with Crippen molar-refractivity contribution in [2.24, 2.45) is 0 Å². The van der Waals surface area contributed by atoms with Gasteiger partial charge in [0.2, 0.25) is 0 Å². The maximum Gasteiger partial charge on any atom is 0.310 e. The SMILES string of the molecule is CSc1ccc(/C(=C2/COC(=O)C2)c2ccccc2)cc1. The number of hydrogen-bond donors (Lipinski definition) is 0. The first-order chi connectivity index (χ1) is 10.3. The van der Waals surface area contributed by atoms with Gasteiger partial charge >= 0.3 is 5.97 Å². The van der Waals surface area contributed by atoms with Gasteiger partial charge in [-0.2, -0.15) is 0 Å². The fourth-order valence-corrected chi connectivity index (χ4v) is 2.95. The smallest absolute Gasteiger partial charge is 0.310 e. The van der Waals surface area contributed by atoms with Crippen molar-refractivity contribution in [2.75, 3.05) is 12.9 Å². The van der Waals surface area contributed by atoms with E-state index in [9.17, 15) is 4.79 Å². The number of cyclic esters (lactones) is 1. The summed E-state index contributed by atoms with van der Waals surface area (Å²) in [6, 6.07) is 18.6. The Kier molecular flexibility index (Phi) is 4.11. The average molecular weight is 296 g/mol. The van der Waals surface area contributed by atoms with Gasteiger partial charge in [-0.25, -0.2) is 0 Å². The van der Waals surface area contributed by atoms with Crippen LogP contribution in [0.1, 0.15) is 17.5 Å². The van der Waals surface area contributed by atoms with Gasteiger partial charge in [0.25, 0.3) is 0 Å². The van der Waals surface area contributed by atoms with Crippen LogP contribution in [0.15, 0.2) is 65.1 Å². The van der Waals surface area contributed by atoms with Gasteiger partial charge < -0.3 is 4.74 Å². The van der Waals surface area contributed by atoms with Crippen molar-refractivity contribution < 1.29 is 9.53 Å². The van der Waals surface area contributed by atoms with Crippen LogP contribution in [0.4, 0.5) is 0 Å². The minimum Gasteiger partial charge on any atom is -0.461 e. The third-order valence-electron chi connectivity index (χ3n) is 3.56. The van der Waals surface area contributed by atoms with Crippen molar-refractivity contribution in [3.63, 3.8) is 0 Å². The van der Waals surface area contributed by atoms with Gasteiger partial charge in [0, 0.05) is 4.90 Å². The van der Waals surface area contributed by atoms with E-state index in [0.29, 0.717) is 13.0 Å². The fourth-order valence-electron chi connectivity index (χ4n) is 2.54. The van der Waals surface area contributed by atoms with Gasteiger partial charge in [-0.1, -0.05) is 42.5 Å². The molecule has 0 aliphatic carbocycles. The molecule has 0 aromatic heterocycles. The van der Waals surface area contributed by atoms with Gasteiger partial charge in [0.15, 0.2) is 0 Å². The Bertz CT molecular complexity index is 672. The summed E-state index contributed by atoms with van der Waals surface area (Å²) in [6.45, 7) is 0.396. The molecule has 0 atom stereocenters. The summed E-state index contributed by atoms with van der Waals surface area (Å²) in [7, 11) is 0. The molecule has 0 unspecified atom stereocenters. The first kappa shape index (κ1) is 14.0. The van der Waals surface area contributed by atoms with Crippen LogP contribution in [0, 0.1) is 0 Å². The van der Waals surface area contributed by atoms with Crippen LogP contribution >= 0.6 is 11.8 Å². The van der Waals surface area contributed by atoms with Crippen LogP contribution in [-0.4, -0.2) is 18.8 Å². The highest BCUT2D eigenvalue weighted by atomic mass is 32.2. The van der Waals surface area contributed by atoms with E-state index in [1.54, 1.807) is 11.8 Å². The van der Waals surface area contributed by atoms with Crippen LogP contribution in [0.2, 0.25) is 0 Å². The fraction of sp³-hybridized carbons (Fsp3) is 0.167. The number of hydrogen-bond acceptors (Lipinski definition) is 3. The molecule has 106 valence electrons. The molecule has 0 radical (unpaired) electrons. The largest absolute Gasteiger partial charge is 0.461 e. The lowest BCUT2D eigenvalue weighted by Crippen LogP contribution is -1.95. The lowest BCUT2D eigenvalue weighted by molar-refractivity contribution is -0.137. The summed E-state index contributed by atoms with van der Waals surface area (Å²) in [5, 5.41) is 0. The summed E-state index contributed by atoms with van der Waals surface area (Å²) >= 11 is 1.72. The van der Waals surface area contributed by atoms with Crippen molar-refractivity contribution >= 4 is 23.3 Å². The molecular formula is C18H16O2S. The predicted molar refractivity (Wildman–Crippen MR) is 86.3 cm³/mol. The number of esters is 1. The van der Waals surface area contributed by atoms with Crippen molar-refractivity contribution in [2.45, 2.75) is 11.3 Å². The van der Waals surface area contributed by atoms with Crippen LogP contribution in [0.25, 0.3) is 5.57 Å². The molecule has 1 aliphatic rings.